The van der Waals surface area contributed by atoms with E-state index < -0.39 is 12.2 Å². The molecule has 2 aliphatic heterocycles. The smallest absolute Gasteiger partial charge is 0.0839 e. The predicted molar refractivity (Wildman–Crippen MR) is 114 cm³/mol. The second kappa shape index (κ2) is 12.6. The Balaban J connectivity index is 1.60. The Kier molecular flexibility index (Phi) is 11.4. The molecule has 7 heteroatoms. The molecule has 0 amide bonds. The van der Waals surface area contributed by atoms with Gasteiger partial charge < -0.3 is 15.9 Å². The zero-order chi connectivity index (χ0) is 17.2. The van der Waals surface area contributed by atoms with Crippen molar-refractivity contribution >= 4 is 43.2 Å². The predicted octanol–water partition coefficient (Wildman–Crippen LogP) is 4.32. The molecule has 2 saturated heterocycles. The Labute approximate surface area is 163 Å². The minimum atomic E-state index is -0.658. The lowest BCUT2D eigenvalue weighted by Gasteiger charge is -2.27. The van der Waals surface area contributed by atoms with Gasteiger partial charge in [-0.15, -0.1) is 0 Å². The van der Waals surface area contributed by atoms with E-state index in [9.17, 15) is 10.2 Å². The van der Waals surface area contributed by atoms with E-state index in [-0.39, 0.29) is 5.92 Å². The van der Waals surface area contributed by atoms with E-state index in [1.54, 1.807) is 0 Å². The van der Waals surface area contributed by atoms with Crippen molar-refractivity contribution in [2.75, 3.05) is 18.1 Å². The number of aliphatic hydroxyl groups is 2. The van der Waals surface area contributed by atoms with Crippen LogP contribution in [-0.2, 0) is 0 Å². The number of hydrogen-bond acceptors (Lipinski definition) is 7. The first-order valence-corrected chi connectivity index (χ1v) is 14.1. The molecule has 0 aromatic heterocycles. The summed E-state index contributed by atoms with van der Waals surface area (Å²) < 4.78 is 0. The largest absolute Gasteiger partial charge is 0.390 e. The Morgan fingerprint density at radius 2 is 1.58 bits per heavy atom. The highest BCUT2D eigenvalue weighted by atomic mass is 33.1. The molecule has 24 heavy (non-hydrogen) atoms. The zero-order valence-corrected chi connectivity index (χ0v) is 17.7. The molecule has 2 rings (SSSR count). The highest BCUT2D eigenvalue weighted by Gasteiger charge is 2.26. The molecule has 5 unspecified atom stereocenters. The normalized spacial score (nSPS) is 28.6. The average Bonchev–Trinajstić information content (AvgIpc) is 3.12. The maximum Gasteiger partial charge on any atom is 0.0839 e. The highest BCUT2D eigenvalue weighted by molar-refractivity contribution is 8.77. The lowest BCUT2D eigenvalue weighted by molar-refractivity contribution is -0.0225. The van der Waals surface area contributed by atoms with Crippen molar-refractivity contribution in [1.82, 2.24) is 0 Å². The van der Waals surface area contributed by atoms with Gasteiger partial charge in [-0.1, -0.05) is 49.6 Å². The molecular formula is C17H33NO2S4. The molecule has 0 aliphatic carbocycles. The first kappa shape index (κ1) is 21.6. The summed E-state index contributed by atoms with van der Waals surface area (Å²) in [5, 5.41) is 22.3. The molecule has 3 nitrogen and oxygen atoms in total. The summed E-state index contributed by atoms with van der Waals surface area (Å²) in [6, 6.07) is 0. The van der Waals surface area contributed by atoms with Gasteiger partial charge in [0.05, 0.1) is 12.2 Å². The van der Waals surface area contributed by atoms with Gasteiger partial charge in [0.1, 0.15) is 0 Å². The molecule has 4 N–H and O–H groups in total. The lowest BCUT2D eigenvalue weighted by Crippen LogP contribution is -2.37. The molecular weight excluding hydrogens is 378 g/mol. The molecule has 0 spiro atoms. The van der Waals surface area contributed by atoms with Crippen molar-refractivity contribution in [2.45, 2.75) is 80.5 Å². The quantitative estimate of drug-likeness (QED) is 0.437. The van der Waals surface area contributed by atoms with Crippen LogP contribution in [0, 0.1) is 5.92 Å². The van der Waals surface area contributed by atoms with Gasteiger partial charge in [-0.25, -0.2) is 0 Å². The molecule has 0 aromatic rings. The third-order valence-corrected chi connectivity index (χ3v) is 11.1. The molecule has 2 fully saturated rings. The number of rotatable bonds is 11. The Morgan fingerprint density at radius 1 is 0.917 bits per heavy atom. The van der Waals surface area contributed by atoms with Gasteiger partial charge in [0.2, 0.25) is 0 Å². The van der Waals surface area contributed by atoms with E-state index in [4.69, 9.17) is 5.73 Å². The standard InChI is InChI=1S/C17H33NO2S4/c18-12-13(4-1-5-14-7-3-10-21-23-14)17(20)16(19)8-2-6-15-9-11-22-24-15/h13-17,19-20H,1-12,18H2. The summed E-state index contributed by atoms with van der Waals surface area (Å²) in [4.78, 5) is 0. The molecule has 0 radical (unpaired) electrons. The van der Waals surface area contributed by atoms with Gasteiger partial charge in [0.25, 0.3) is 0 Å². The topological polar surface area (TPSA) is 66.5 Å². The van der Waals surface area contributed by atoms with Crippen LogP contribution in [-0.4, -0.2) is 51.0 Å². The number of nitrogens with two attached hydrogens (primary N) is 1. The van der Waals surface area contributed by atoms with Gasteiger partial charge in [-0.05, 0) is 63.8 Å². The van der Waals surface area contributed by atoms with Crippen molar-refractivity contribution in [3.8, 4) is 0 Å². The Bertz CT molecular complexity index is 326. The van der Waals surface area contributed by atoms with Crippen LogP contribution in [0.25, 0.3) is 0 Å². The van der Waals surface area contributed by atoms with Crippen LogP contribution in [0.1, 0.15) is 57.8 Å². The maximum atomic E-state index is 10.5. The molecule has 142 valence electrons. The fourth-order valence-electron chi connectivity index (χ4n) is 3.39. The number of hydrogen-bond donors (Lipinski definition) is 3. The minimum absolute atomic E-state index is 0.0395. The Morgan fingerprint density at radius 3 is 2.21 bits per heavy atom. The van der Waals surface area contributed by atoms with E-state index in [2.05, 4.69) is 0 Å². The van der Waals surface area contributed by atoms with Gasteiger partial charge in [0.15, 0.2) is 0 Å². The first-order chi connectivity index (χ1) is 11.7. The summed E-state index contributed by atoms with van der Waals surface area (Å²) >= 11 is 0. The maximum absolute atomic E-state index is 10.5. The second-order valence-corrected chi connectivity index (χ2v) is 12.5. The van der Waals surface area contributed by atoms with Crippen molar-refractivity contribution in [2.24, 2.45) is 11.7 Å². The third kappa shape index (κ3) is 7.89. The van der Waals surface area contributed by atoms with Gasteiger partial charge in [-0.3, -0.25) is 0 Å². The summed E-state index contributed by atoms with van der Waals surface area (Å²) in [5.41, 5.74) is 5.87. The van der Waals surface area contributed by atoms with Gasteiger partial charge in [0, 0.05) is 22.0 Å². The average molecular weight is 412 g/mol. The van der Waals surface area contributed by atoms with Crippen LogP contribution in [0.3, 0.4) is 0 Å². The van der Waals surface area contributed by atoms with Crippen LogP contribution >= 0.6 is 43.2 Å². The molecule has 0 bridgehead atoms. The molecule has 5 atom stereocenters. The fourth-order valence-corrected chi connectivity index (χ4v) is 9.32. The Hall–Kier alpha value is 1.28. The third-order valence-electron chi connectivity index (χ3n) is 4.99. The van der Waals surface area contributed by atoms with E-state index in [1.165, 1.54) is 37.2 Å². The van der Waals surface area contributed by atoms with E-state index >= 15 is 0 Å². The minimum Gasteiger partial charge on any atom is -0.390 e. The molecule has 0 saturated carbocycles. The summed E-state index contributed by atoms with van der Waals surface area (Å²) in [6.45, 7) is 0.472. The van der Waals surface area contributed by atoms with Crippen molar-refractivity contribution in [3.63, 3.8) is 0 Å². The van der Waals surface area contributed by atoms with Crippen LogP contribution < -0.4 is 5.73 Å². The molecule has 2 aliphatic rings. The molecule has 2 heterocycles. The van der Waals surface area contributed by atoms with E-state index in [0.717, 1.165) is 36.2 Å². The van der Waals surface area contributed by atoms with Gasteiger partial charge >= 0.3 is 0 Å². The fraction of sp³-hybridized carbons (Fsp3) is 1.00. The molecule has 0 aromatic carbocycles. The highest BCUT2D eigenvalue weighted by Crippen LogP contribution is 2.40. The van der Waals surface area contributed by atoms with Crippen LogP contribution in [0.5, 0.6) is 0 Å². The van der Waals surface area contributed by atoms with Crippen LogP contribution in [0.15, 0.2) is 0 Å². The summed E-state index contributed by atoms with van der Waals surface area (Å²) in [5.74, 6) is 2.58. The summed E-state index contributed by atoms with van der Waals surface area (Å²) in [7, 11) is 7.98. The van der Waals surface area contributed by atoms with E-state index in [0.29, 0.717) is 13.0 Å². The first-order valence-electron chi connectivity index (χ1n) is 9.33. The second-order valence-electron chi connectivity index (χ2n) is 6.93. The number of aliphatic hydroxyl groups excluding tert-OH is 2. The van der Waals surface area contributed by atoms with Crippen molar-refractivity contribution in [3.05, 3.63) is 0 Å². The zero-order valence-electron chi connectivity index (χ0n) is 14.5. The summed E-state index contributed by atoms with van der Waals surface area (Å²) in [6.07, 6.45) is 8.81. The van der Waals surface area contributed by atoms with E-state index in [1.807, 2.05) is 43.2 Å². The monoisotopic (exact) mass is 411 g/mol. The lowest BCUT2D eigenvalue weighted by atomic mass is 9.90. The van der Waals surface area contributed by atoms with Gasteiger partial charge in [-0.2, -0.15) is 0 Å². The SMILES string of the molecule is NCC(CCCC1CCCSS1)C(O)C(O)CCCC1CCSS1. The van der Waals surface area contributed by atoms with Crippen molar-refractivity contribution < 1.29 is 10.2 Å². The van der Waals surface area contributed by atoms with Crippen molar-refractivity contribution in [1.29, 1.82) is 0 Å². The van der Waals surface area contributed by atoms with Crippen LogP contribution in [0.4, 0.5) is 0 Å². The van der Waals surface area contributed by atoms with Crippen LogP contribution in [0.2, 0.25) is 0 Å².